The standard InChI is InChI=1S/C9H17N3O3/c10-8(11)12-5-7-6-14-9(15-7)1-3-13-4-2-9/h7H,1-6H2,(H4,10,11,12). The van der Waals surface area contributed by atoms with E-state index in [0.717, 1.165) is 12.8 Å². The van der Waals surface area contributed by atoms with Crippen LogP contribution in [0, 0.1) is 0 Å². The number of nitrogens with two attached hydrogens (primary N) is 2. The van der Waals surface area contributed by atoms with Gasteiger partial charge in [-0.2, -0.15) is 0 Å². The van der Waals surface area contributed by atoms with Gasteiger partial charge in [0.05, 0.1) is 26.4 Å². The molecule has 1 unspecified atom stereocenters. The van der Waals surface area contributed by atoms with E-state index in [1.807, 2.05) is 0 Å². The Kier molecular flexibility index (Phi) is 3.08. The summed E-state index contributed by atoms with van der Waals surface area (Å²) < 4.78 is 16.8. The monoisotopic (exact) mass is 215 g/mol. The molecule has 0 aromatic heterocycles. The van der Waals surface area contributed by atoms with Gasteiger partial charge in [0, 0.05) is 12.8 Å². The Morgan fingerprint density at radius 2 is 2.07 bits per heavy atom. The summed E-state index contributed by atoms with van der Waals surface area (Å²) in [5.74, 6) is -0.353. The van der Waals surface area contributed by atoms with E-state index in [4.69, 9.17) is 25.7 Å². The first-order valence-corrected chi connectivity index (χ1v) is 5.15. The summed E-state index contributed by atoms with van der Waals surface area (Å²) in [6.07, 6.45) is 1.53. The first-order valence-electron chi connectivity index (χ1n) is 5.15. The fourth-order valence-corrected chi connectivity index (χ4v) is 1.86. The molecule has 0 radical (unpaired) electrons. The van der Waals surface area contributed by atoms with Crippen LogP contribution in [0.5, 0.6) is 0 Å². The van der Waals surface area contributed by atoms with Gasteiger partial charge in [0.1, 0.15) is 6.10 Å². The Labute approximate surface area is 88.6 Å². The van der Waals surface area contributed by atoms with Crippen LogP contribution in [0.4, 0.5) is 0 Å². The highest BCUT2D eigenvalue weighted by atomic mass is 16.7. The average Bonchev–Trinajstić information content (AvgIpc) is 2.60. The summed E-state index contributed by atoms with van der Waals surface area (Å²) in [6, 6.07) is 0. The summed E-state index contributed by atoms with van der Waals surface area (Å²) in [6.45, 7) is 2.39. The zero-order valence-electron chi connectivity index (χ0n) is 8.65. The summed E-state index contributed by atoms with van der Waals surface area (Å²) in [5.41, 5.74) is 10.5. The summed E-state index contributed by atoms with van der Waals surface area (Å²) in [4.78, 5) is 3.92. The highest BCUT2D eigenvalue weighted by Crippen LogP contribution is 2.33. The Morgan fingerprint density at radius 1 is 1.33 bits per heavy atom. The molecule has 15 heavy (non-hydrogen) atoms. The molecule has 1 spiro atoms. The molecule has 0 bridgehead atoms. The molecular formula is C9H17N3O3. The molecule has 1 atom stereocenters. The van der Waals surface area contributed by atoms with Crippen LogP contribution in [-0.2, 0) is 14.2 Å². The van der Waals surface area contributed by atoms with Crippen molar-refractivity contribution in [3.8, 4) is 0 Å². The third-order valence-electron chi connectivity index (χ3n) is 2.65. The van der Waals surface area contributed by atoms with Crippen molar-refractivity contribution in [2.75, 3.05) is 26.4 Å². The third-order valence-corrected chi connectivity index (χ3v) is 2.65. The van der Waals surface area contributed by atoms with Crippen molar-refractivity contribution in [3.05, 3.63) is 0 Å². The van der Waals surface area contributed by atoms with Gasteiger partial charge in [-0.1, -0.05) is 0 Å². The number of nitrogens with zero attached hydrogens (tertiary/aromatic N) is 1. The molecule has 6 heteroatoms. The highest BCUT2D eigenvalue weighted by Gasteiger charge is 2.42. The van der Waals surface area contributed by atoms with Crippen LogP contribution in [0.3, 0.4) is 0 Å². The zero-order chi connectivity index (χ0) is 10.7. The molecule has 0 aromatic carbocycles. The lowest BCUT2D eigenvalue weighted by atomic mass is 10.1. The Morgan fingerprint density at radius 3 is 2.73 bits per heavy atom. The smallest absolute Gasteiger partial charge is 0.186 e. The van der Waals surface area contributed by atoms with E-state index in [0.29, 0.717) is 26.4 Å². The van der Waals surface area contributed by atoms with Crippen LogP contribution in [-0.4, -0.2) is 44.2 Å². The van der Waals surface area contributed by atoms with Crippen molar-refractivity contribution in [1.82, 2.24) is 0 Å². The summed E-state index contributed by atoms with van der Waals surface area (Å²) in [7, 11) is 0. The van der Waals surface area contributed by atoms with Gasteiger partial charge in [-0.25, -0.2) is 0 Å². The normalized spacial score (nSPS) is 29.2. The number of ether oxygens (including phenoxy) is 3. The van der Waals surface area contributed by atoms with Crippen molar-refractivity contribution in [2.24, 2.45) is 16.5 Å². The Bertz CT molecular complexity index is 247. The van der Waals surface area contributed by atoms with Crippen LogP contribution >= 0.6 is 0 Å². The van der Waals surface area contributed by atoms with E-state index in [1.54, 1.807) is 0 Å². The first kappa shape index (κ1) is 10.7. The topological polar surface area (TPSA) is 92.1 Å². The molecular weight excluding hydrogens is 198 g/mol. The van der Waals surface area contributed by atoms with Crippen molar-refractivity contribution < 1.29 is 14.2 Å². The van der Waals surface area contributed by atoms with E-state index in [2.05, 4.69) is 4.99 Å². The molecule has 2 heterocycles. The molecule has 2 fully saturated rings. The molecule has 0 aliphatic carbocycles. The Hall–Kier alpha value is -0.850. The van der Waals surface area contributed by atoms with Gasteiger partial charge in [-0.3, -0.25) is 4.99 Å². The Balaban J connectivity index is 1.85. The lowest BCUT2D eigenvalue weighted by Gasteiger charge is -2.31. The second-order valence-corrected chi connectivity index (χ2v) is 3.84. The molecule has 2 saturated heterocycles. The van der Waals surface area contributed by atoms with Gasteiger partial charge in [0.25, 0.3) is 0 Å². The molecule has 6 nitrogen and oxygen atoms in total. The van der Waals surface area contributed by atoms with Gasteiger partial charge < -0.3 is 25.7 Å². The van der Waals surface area contributed by atoms with Crippen LogP contribution < -0.4 is 11.5 Å². The number of aliphatic imine (C=N–C) groups is 1. The number of guanidine groups is 1. The summed E-state index contributed by atoms with van der Waals surface area (Å²) >= 11 is 0. The maximum Gasteiger partial charge on any atom is 0.186 e. The predicted molar refractivity (Wildman–Crippen MR) is 54.3 cm³/mol. The lowest BCUT2D eigenvalue weighted by Crippen LogP contribution is -2.38. The third kappa shape index (κ3) is 2.58. The van der Waals surface area contributed by atoms with E-state index in [1.165, 1.54) is 0 Å². The highest BCUT2D eigenvalue weighted by molar-refractivity contribution is 5.75. The van der Waals surface area contributed by atoms with E-state index < -0.39 is 5.79 Å². The molecule has 86 valence electrons. The minimum Gasteiger partial charge on any atom is -0.381 e. The number of hydrogen-bond acceptors (Lipinski definition) is 4. The second kappa shape index (κ2) is 4.34. The fraction of sp³-hybridized carbons (Fsp3) is 0.889. The van der Waals surface area contributed by atoms with E-state index in [9.17, 15) is 0 Å². The molecule has 2 rings (SSSR count). The fourth-order valence-electron chi connectivity index (χ4n) is 1.86. The van der Waals surface area contributed by atoms with Gasteiger partial charge in [-0.05, 0) is 0 Å². The SMILES string of the molecule is NC(N)=NCC1COC2(CCOCC2)O1. The van der Waals surface area contributed by atoms with Crippen LogP contribution in [0.25, 0.3) is 0 Å². The minimum atomic E-state index is -0.443. The average molecular weight is 215 g/mol. The van der Waals surface area contributed by atoms with Gasteiger partial charge in [0.15, 0.2) is 11.7 Å². The maximum absolute atomic E-state index is 5.82. The first-order chi connectivity index (χ1) is 7.20. The predicted octanol–water partition coefficient (Wildman–Crippen LogP) is -0.818. The van der Waals surface area contributed by atoms with Crippen LogP contribution in [0.2, 0.25) is 0 Å². The quantitative estimate of drug-likeness (QED) is 0.464. The van der Waals surface area contributed by atoms with Gasteiger partial charge in [0.2, 0.25) is 0 Å². The van der Waals surface area contributed by atoms with Gasteiger partial charge in [-0.15, -0.1) is 0 Å². The molecule has 0 aromatic rings. The maximum atomic E-state index is 5.82. The van der Waals surface area contributed by atoms with Gasteiger partial charge >= 0.3 is 0 Å². The largest absolute Gasteiger partial charge is 0.381 e. The molecule has 4 N–H and O–H groups in total. The lowest BCUT2D eigenvalue weighted by molar-refractivity contribution is -0.210. The molecule has 0 amide bonds. The molecule has 2 aliphatic heterocycles. The second-order valence-electron chi connectivity index (χ2n) is 3.84. The molecule has 0 saturated carbocycles. The van der Waals surface area contributed by atoms with Crippen LogP contribution in [0.15, 0.2) is 4.99 Å². The van der Waals surface area contributed by atoms with Crippen LogP contribution in [0.1, 0.15) is 12.8 Å². The van der Waals surface area contributed by atoms with Crippen molar-refractivity contribution in [1.29, 1.82) is 0 Å². The number of rotatable bonds is 2. The molecule has 2 aliphatic rings. The minimum absolute atomic E-state index is 0.0369. The van der Waals surface area contributed by atoms with Crippen molar-refractivity contribution in [2.45, 2.75) is 24.7 Å². The van der Waals surface area contributed by atoms with Crippen molar-refractivity contribution >= 4 is 5.96 Å². The zero-order valence-corrected chi connectivity index (χ0v) is 8.65. The number of hydrogen-bond donors (Lipinski definition) is 2. The van der Waals surface area contributed by atoms with E-state index in [-0.39, 0.29) is 12.1 Å². The summed E-state index contributed by atoms with van der Waals surface area (Å²) in [5, 5.41) is 0. The van der Waals surface area contributed by atoms with Crippen molar-refractivity contribution in [3.63, 3.8) is 0 Å². The van der Waals surface area contributed by atoms with E-state index >= 15 is 0 Å².